The Morgan fingerprint density at radius 2 is 1.94 bits per heavy atom. The van der Waals surface area contributed by atoms with Gasteiger partial charge in [-0.2, -0.15) is 5.10 Å². The highest BCUT2D eigenvalue weighted by atomic mass is 32.1. The number of amides is 1. The van der Waals surface area contributed by atoms with Gasteiger partial charge in [0.2, 0.25) is 6.79 Å². The quantitative estimate of drug-likeness (QED) is 0.321. The summed E-state index contributed by atoms with van der Waals surface area (Å²) in [6.45, 7) is 1.20. The summed E-state index contributed by atoms with van der Waals surface area (Å²) < 4.78 is 18.4. The molecule has 0 unspecified atom stereocenters. The highest BCUT2D eigenvalue weighted by molar-refractivity contribution is 7.12. The van der Waals surface area contributed by atoms with Gasteiger partial charge in [-0.05, 0) is 39.9 Å². The van der Waals surface area contributed by atoms with Crippen LogP contribution in [-0.2, 0) is 13.2 Å². The van der Waals surface area contributed by atoms with Crippen molar-refractivity contribution in [2.24, 2.45) is 0 Å². The van der Waals surface area contributed by atoms with Crippen molar-refractivity contribution < 1.29 is 19.0 Å². The number of hydrogen-bond donors (Lipinski definition) is 1. The van der Waals surface area contributed by atoms with E-state index in [0.29, 0.717) is 41.0 Å². The smallest absolute Gasteiger partial charge is 0.265 e. The first-order chi connectivity index (χ1) is 17.2. The normalized spacial score (nSPS) is 12.1. The molecule has 7 nitrogen and oxygen atoms in total. The second-order valence-electron chi connectivity index (χ2n) is 8.14. The summed E-state index contributed by atoms with van der Waals surface area (Å²) in [7, 11) is 0. The number of nitrogens with zero attached hydrogens (tertiary/aromatic N) is 2. The molecule has 0 saturated carbocycles. The van der Waals surface area contributed by atoms with E-state index in [-0.39, 0.29) is 12.7 Å². The van der Waals surface area contributed by atoms with Gasteiger partial charge in [0.15, 0.2) is 11.5 Å². The van der Waals surface area contributed by atoms with Crippen molar-refractivity contribution in [1.29, 1.82) is 0 Å². The second kappa shape index (κ2) is 9.15. The van der Waals surface area contributed by atoms with Crippen molar-refractivity contribution in [1.82, 2.24) is 9.78 Å². The maximum absolute atomic E-state index is 12.8. The first kappa shape index (κ1) is 21.2. The van der Waals surface area contributed by atoms with Crippen LogP contribution in [0.3, 0.4) is 0 Å². The molecule has 0 spiro atoms. The zero-order chi connectivity index (χ0) is 23.6. The number of anilines is 1. The average molecular weight is 484 g/mol. The highest BCUT2D eigenvalue weighted by Gasteiger charge is 2.15. The predicted octanol–water partition coefficient (Wildman–Crippen LogP) is 5.71. The van der Waals surface area contributed by atoms with Crippen molar-refractivity contribution in [3.63, 3.8) is 0 Å². The van der Waals surface area contributed by atoms with Gasteiger partial charge in [0.1, 0.15) is 12.4 Å². The number of carbonyl (C=O) groups excluding carboxylic acids is 1. The van der Waals surface area contributed by atoms with Crippen molar-refractivity contribution in [3.8, 4) is 17.2 Å². The third-order valence-corrected chi connectivity index (χ3v) is 6.71. The number of hydrogen-bond acceptors (Lipinski definition) is 6. The molecule has 174 valence electrons. The lowest BCUT2D eigenvalue weighted by Gasteiger charge is -2.06. The van der Waals surface area contributed by atoms with Gasteiger partial charge in [-0.25, -0.2) is 0 Å². The molecule has 35 heavy (non-hydrogen) atoms. The monoisotopic (exact) mass is 483 g/mol. The van der Waals surface area contributed by atoms with Crippen molar-refractivity contribution in [2.75, 3.05) is 12.1 Å². The lowest BCUT2D eigenvalue weighted by molar-refractivity contribution is 0.103. The molecule has 6 rings (SSSR count). The maximum Gasteiger partial charge on any atom is 0.265 e. The standard InChI is InChI=1S/C27H21N3O4S/c31-27(26-10-18(16-35-26)15-32-22-8-9-24-25(11-22)34-17-33-24)29-21-12-28-30(14-21)13-20-6-3-5-19-4-1-2-7-23(19)20/h1-12,14,16H,13,15,17H2,(H,29,31). The number of fused-ring (bicyclic) bond motifs is 2. The lowest BCUT2D eigenvalue weighted by Crippen LogP contribution is -2.09. The van der Waals surface area contributed by atoms with E-state index >= 15 is 0 Å². The minimum atomic E-state index is -0.172. The van der Waals surface area contributed by atoms with Crippen LogP contribution in [0.15, 0.2) is 84.5 Å². The van der Waals surface area contributed by atoms with Gasteiger partial charge in [-0.3, -0.25) is 9.48 Å². The van der Waals surface area contributed by atoms with E-state index in [1.54, 1.807) is 12.3 Å². The number of aromatic nitrogens is 2. The molecule has 0 atom stereocenters. The zero-order valence-corrected chi connectivity index (χ0v) is 19.5. The third-order valence-electron chi connectivity index (χ3n) is 5.73. The number of rotatable bonds is 7. The van der Waals surface area contributed by atoms with Crippen molar-refractivity contribution in [3.05, 3.63) is 101 Å². The number of thiophene rings is 1. The fraction of sp³-hybridized carbons (Fsp3) is 0.111. The third kappa shape index (κ3) is 4.56. The molecule has 0 radical (unpaired) electrons. The summed E-state index contributed by atoms with van der Waals surface area (Å²) >= 11 is 1.38. The summed E-state index contributed by atoms with van der Waals surface area (Å²) in [6.07, 6.45) is 3.51. The van der Waals surface area contributed by atoms with E-state index in [2.05, 4.69) is 40.7 Å². The first-order valence-corrected chi connectivity index (χ1v) is 12.0. The molecular formula is C27H21N3O4S. The SMILES string of the molecule is O=C(Nc1cnn(Cc2cccc3ccccc23)c1)c1cc(COc2ccc3c(c2)OCO3)cs1. The molecule has 0 aliphatic carbocycles. The Morgan fingerprint density at radius 3 is 2.91 bits per heavy atom. The predicted molar refractivity (Wildman–Crippen MR) is 134 cm³/mol. The topological polar surface area (TPSA) is 74.6 Å². The van der Waals surface area contributed by atoms with Crippen LogP contribution in [0.5, 0.6) is 17.2 Å². The van der Waals surface area contributed by atoms with E-state index in [1.165, 1.54) is 27.7 Å². The summed E-state index contributed by atoms with van der Waals surface area (Å²) in [5, 5.41) is 11.7. The van der Waals surface area contributed by atoms with E-state index in [9.17, 15) is 4.79 Å². The Balaban J connectivity index is 1.07. The minimum absolute atomic E-state index is 0.172. The van der Waals surface area contributed by atoms with Crippen LogP contribution in [-0.4, -0.2) is 22.5 Å². The van der Waals surface area contributed by atoms with Crippen LogP contribution in [0, 0.1) is 0 Å². The van der Waals surface area contributed by atoms with E-state index < -0.39 is 0 Å². The lowest BCUT2D eigenvalue weighted by atomic mass is 10.0. The first-order valence-electron chi connectivity index (χ1n) is 11.1. The average Bonchev–Trinajstić information content (AvgIpc) is 3.64. The van der Waals surface area contributed by atoms with Crippen LogP contribution < -0.4 is 19.5 Å². The Labute approximate surface area is 205 Å². The molecule has 5 aromatic rings. The van der Waals surface area contributed by atoms with Gasteiger partial charge in [-0.15, -0.1) is 11.3 Å². The fourth-order valence-corrected chi connectivity index (χ4v) is 4.81. The molecule has 0 fully saturated rings. The highest BCUT2D eigenvalue weighted by Crippen LogP contribution is 2.35. The van der Waals surface area contributed by atoms with Crippen LogP contribution in [0.4, 0.5) is 5.69 Å². The molecule has 8 heteroatoms. The number of carbonyl (C=O) groups is 1. The molecule has 1 aliphatic heterocycles. The summed E-state index contributed by atoms with van der Waals surface area (Å²) in [5.41, 5.74) is 2.75. The number of nitrogens with one attached hydrogen (secondary N) is 1. The molecule has 1 N–H and O–H groups in total. The molecule has 0 bridgehead atoms. The van der Waals surface area contributed by atoms with Crippen LogP contribution in [0.25, 0.3) is 10.8 Å². The second-order valence-corrected chi connectivity index (χ2v) is 9.05. The summed E-state index contributed by atoms with van der Waals surface area (Å²) in [5.74, 6) is 1.90. The Kier molecular flexibility index (Phi) is 5.56. The Hall–Kier alpha value is -4.30. The van der Waals surface area contributed by atoms with Crippen molar-refractivity contribution >= 4 is 33.7 Å². The summed E-state index contributed by atoms with van der Waals surface area (Å²) in [6, 6.07) is 21.8. The van der Waals surface area contributed by atoms with E-state index in [4.69, 9.17) is 14.2 Å². The van der Waals surface area contributed by atoms with Gasteiger partial charge in [0.25, 0.3) is 5.91 Å². The Morgan fingerprint density at radius 1 is 1.06 bits per heavy atom. The molecule has 1 aliphatic rings. The van der Waals surface area contributed by atoms with Crippen LogP contribution >= 0.6 is 11.3 Å². The van der Waals surface area contributed by atoms with Gasteiger partial charge in [0.05, 0.1) is 23.3 Å². The van der Waals surface area contributed by atoms with Crippen LogP contribution in [0.1, 0.15) is 20.8 Å². The molecule has 1 amide bonds. The molecular weight excluding hydrogens is 462 g/mol. The van der Waals surface area contributed by atoms with E-state index in [0.717, 1.165) is 5.56 Å². The number of ether oxygens (including phenoxy) is 3. The molecule has 2 aromatic heterocycles. The van der Waals surface area contributed by atoms with E-state index in [1.807, 2.05) is 46.6 Å². The molecule has 0 saturated heterocycles. The van der Waals surface area contributed by atoms with Gasteiger partial charge in [-0.1, -0.05) is 42.5 Å². The molecule has 3 heterocycles. The van der Waals surface area contributed by atoms with Gasteiger partial charge >= 0.3 is 0 Å². The zero-order valence-electron chi connectivity index (χ0n) is 18.6. The number of benzene rings is 3. The fourth-order valence-electron chi connectivity index (χ4n) is 4.02. The van der Waals surface area contributed by atoms with Gasteiger partial charge < -0.3 is 19.5 Å². The molecule has 3 aromatic carbocycles. The summed E-state index contributed by atoms with van der Waals surface area (Å²) in [4.78, 5) is 13.4. The Bertz CT molecular complexity index is 1520. The van der Waals surface area contributed by atoms with Crippen molar-refractivity contribution in [2.45, 2.75) is 13.2 Å². The van der Waals surface area contributed by atoms with Crippen LogP contribution in [0.2, 0.25) is 0 Å². The maximum atomic E-state index is 12.8. The minimum Gasteiger partial charge on any atom is -0.489 e. The largest absolute Gasteiger partial charge is 0.489 e. The van der Waals surface area contributed by atoms with Gasteiger partial charge in [0, 0.05) is 17.8 Å².